The summed E-state index contributed by atoms with van der Waals surface area (Å²) >= 11 is 6.04. The minimum absolute atomic E-state index is 0.139. The van der Waals surface area contributed by atoms with E-state index < -0.39 is 10.0 Å². The molecule has 1 aliphatic heterocycles. The molecule has 1 aromatic rings. The molecule has 20 heavy (non-hydrogen) atoms. The van der Waals surface area contributed by atoms with Crippen molar-refractivity contribution in [2.24, 2.45) is 11.7 Å². The van der Waals surface area contributed by atoms with Gasteiger partial charge in [0.05, 0.1) is 11.6 Å². The molecule has 1 unspecified atom stereocenters. The molecule has 1 heterocycles. The fourth-order valence-corrected chi connectivity index (χ4v) is 4.45. The van der Waals surface area contributed by atoms with Gasteiger partial charge in [0.25, 0.3) is 0 Å². The van der Waals surface area contributed by atoms with Crippen LogP contribution < -0.4 is 5.73 Å². The molecule has 7 heteroatoms. The van der Waals surface area contributed by atoms with Gasteiger partial charge in [-0.2, -0.15) is 4.31 Å². The van der Waals surface area contributed by atoms with Crippen LogP contribution >= 0.6 is 11.6 Å². The molecule has 112 valence electrons. The third-order valence-corrected chi connectivity index (χ3v) is 5.85. The van der Waals surface area contributed by atoms with Crippen molar-refractivity contribution in [2.45, 2.75) is 17.9 Å². The largest absolute Gasteiger partial charge is 0.384 e. The normalized spacial score (nSPS) is 20.4. The van der Waals surface area contributed by atoms with Gasteiger partial charge >= 0.3 is 0 Å². The van der Waals surface area contributed by atoms with Gasteiger partial charge in [-0.3, -0.25) is 0 Å². The average Bonchev–Trinajstić information content (AvgIpc) is 2.89. The Kier molecular flexibility index (Phi) is 5.04. The van der Waals surface area contributed by atoms with Crippen molar-refractivity contribution in [3.05, 3.63) is 28.8 Å². The highest BCUT2D eigenvalue weighted by atomic mass is 35.5. The second-order valence-corrected chi connectivity index (χ2v) is 7.26. The summed E-state index contributed by atoms with van der Waals surface area (Å²) in [5, 5.41) is 0.234. The smallest absolute Gasteiger partial charge is 0.244 e. The van der Waals surface area contributed by atoms with E-state index in [0.29, 0.717) is 19.7 Å². The Morgan fingerprint density at radius 2 is 2.25 bits per heavy atom. The molecule has 0 spiro atoms. The number of nitrogens with two attached hydrogens (primary N) is 1. The van der Waals surface area contributed by atoms with E-state index in [1.807, 2.05) is 0 Å². The summed E-state index contributed by atoms with van der Waals surface area (Å²) in [5.41, 5.74) is 6.31. The maximum atomic E-state index is 12.6. The number of nitrogens with zero attached hydrogens (tertiary/aromatic N) is 1. The lowest BCUT2D eigenvalue weighted by Gasteiger charge is -2.18. The summed E-state index contributed by atoms with van der Waals surface area (Å²) in [5.74, 6) is 0.242. The maximum absolute atomic E-state index is 12.6. The first-order chi connectivity index (χ1) is 9.48. The van der Waals surface area contributed by atoms with Crippen molar-refractivity contribution < 1.29 is 13.2 Å². The average molecular weight is 319 g/mol. The Morgan fingerprint density at radius 3 is 2.90 bits per heavy atom. The number of benzene rings is 1. The van der Waals surface area contributed by atoms with E-state index in [1.54, 1.807) is 25.3 Å². The highest BCUT2D eigenvalue weighted by molar-refractivity contribution is 7.89. The number of ether oxygens (including phenoxy) is 1. The van der Waals surface area contributed by atoms with E-state index in [9.17, 15) is 8.42 Å². The number of methoxy groups -OCH3 is 1. The zero-order chi connectivity index (χ0) is 14.8. The van der Waals surface area contributed by atoms with Crippen LogP contribution in [0.1, 0.15) is 12.0 Å². The molecular formula is C13H19ClN2O3S. The number of rotatable bonds is 5. The van der Waals surface area contributed by atoms with Gasteiger partial charge in [0.2, 0.25) is 10.0 Å². The van der Waals surface area contributed by atoms with Gasteiger partial charge in [-0.25, -0.2) is 8.42 Å². The van der Waals surface area contributed by atoms with Crippen LogP contribution in [-0.2, 0) is 21.3 Å². The lowest BCUT2D eigenvalue weighted by Crippen LogP contribution is -2.29. The van der Waals surface area contributed by atoms with Crippen LogP contribution in [0, 0.1) is 5.92 Å². The van der Waals surface area contributed by atoms with Crippen LogP contribution in [0.4, 0.5) is 0 Å². The zero-order valence-corrected chi connectivity index (χ0v) is 13.0. The van der Waals surface area contributed by atoms with Crippen molar-refractivity contribution in [1.29, 1.82) is 0 Å². The molecule has 1 saturated heterocycles. The van der Waals surface area contributed by atoms with Gasteiger partial charge in [-0.1, -0.05) is 17.7 Å². The number of hydrogen-bond donors (Lipinski definition) is 1. The van der Waals surface area contributed by atoms with Crippen molar-refractivity contribution in [3.63, 3.8) is 0 Å². The first kappa shape index (κ1) is 15.7. The Hall–Kier alpha value is -0.660. The summed E-state index contributed by atoms with van der Waals surface area (Å²) in [6.45, 7) is 1.83. The van der Waals surface area contributed by atoms with Gasteiger partial charge < -0.3 is 10.5 Å². The monoisotopic (exact) mass is 318 g/mol. The Balaban J connectivity index is 2.27. The topological polar surface area (TPSA) is 72.6 Å². The predicted molar refractivity (Wildman–Crippen MR) is 78.1 cm³/mol. The number of sulfonamides is 1. The molecular weight excluding hydrogens is 300 g/mol. The van der Waals surface area contributed by atoms with Crippen LogP contribution in [0.25, 0.3) is 0 Å². The van der Waals surface area contributed by atoms with E-state index in [1.165, 1.54) is 4.31 Å². The summed E-state index contributed by atoms with van der Waals surface area (Å²) in [4.78, 5) is 0.139. The minimum Gasteiger partial charge on any atom is -0.384 e. The van der Waals surface area contributed by atoms with Crippen molar-refractivity contribution >= 4 is 21.6 Å². The van der Waals surface area contributed by atoms with Crippen LogP contribution in [-0.4, -0.2) is 39.5 Å². The Labute approximate surface area is 124 Å². The lowest BCUT2D eigenvalue weighted by atomic mass is 10.1. The van der Waals surface area contributed by atoms with Crippen molar-refractivity contribution in [3.8, 4) is 0 Å². The Morgan fingerprint density at radius 1 is 1.50 bits per heavy atom. The van der Waals surface area contributed by atoms with E-state index in [4.69, 9.17) is 22.1 Å². The summed E-state index contributed by atoms with van der Waals surface area (Å²) < 4.78 is 31.8. The van der Waals surface area contributed by atoms with Gasteiger partial charge in [0, 0.05) is 26.7 Å². The van der Waals surface area contributed by atoms with Crippen molar-refractivity contribution in [2.75, 3.05) is 26.8 Å². The second-order valence-electron chi connectivity index (χ2n) is 4.94. The third-order valence-electron chi connectivity index (χ3n) is 3.50. The van der Waals surface area contributed by atoms with Crippen molar-refractivity contribution in [1.82, 2.24) is 4.31 Å². The molecule has 0 radical (unpaired) electrons. The number of halogens is 1. The molecule has 1 aliphatic rings. The molecule has 1 atom stereocenters. The minimum atomic E-state index is -3.56. The standard InChI is InChI=1S/C13H19ClN2O3S/c1-19-9-11-4-5-16(8-11)20(17,18)13-6-10(7-15)2-3-12(13)14/h2-3,6,11H,4-5,7-9,15H2,1H3. The first-order valence-electron chi connectivity index (χ1n) is 6.46. The van der Waals surface area contributed by atoms with E-state index in [-0.39, 0.29) is 22.4 Å². The van der Waals surface area contributed by atoms with E-state index in [0.717, 1.165) is 12.0 Å². The molecule has 2 N–H and O–H groups in total. The summed E-state index contributed by atoms with van der Waals surface area (Å²) in [6, 6.07) is 4.87. The fraction of sp³-hybridized carbons (Fsp3) is 0.538. The predicted octanol–water partition coefficient (Wildman–Crippen LogP) is 1.46. The molecule has 5 nitrogen and oxygen atoms in total. The van der Waals surface area contributed by atoms with Gasteiger partial charge in [0.15, 0.2) is 0 Å². The van der Waals surface area contributed by atoms with Gasteiger partial charge in [-0.15, -0.1) is 0 Å². The van der Waals surface area contributed by atoms with Gasteiger partial charge in [-0.05, 0) is 30.0 Å². The molecule has 0 aromatic heterocycles. The van der Waals surface area contributed by atoms with E-state index in [2.05, 4.69) is 0 Å². The van der Waals surface area contributed by atoms with Crippen LogP contribution in [0.5, 0.6) is 0 Å². The first-order valence-corrected chi connectivity index (χ1v) is 8.28. The van der Waals surface area contributed by atoms with E-state index >= 15 is 0 Å². The number of hydrogen-bond acceptors (Lipinski definition) is 4. The third kappa shape index (κ3) is 3.15. The Bertz CT molecular complexity index is 577. The molecule has 0 saturated carbocycles. The quantitative estimate of drug-likeness (QED) is 0.892. The SMILES string of the molecule is COCC1CCN(S(=O)(=O)c2cc(CN)ccc2Cl)C1. The highest BCUT2D eigenvalue weighted by Gasteiger charge is 2.33. The molecule has 2 rings (SSSR count). The molecule has 1 fully saturated rings. The highest BCUT2D eigenvalue weighted by Crippen LogP contribution is 2.29. The lowest BCUT2D eigenvalue weighted by molar-refractivity contribution is 0.157. The molecule has 1 aromatic carbocycles. The second kappa shape index (κ2) is 6.41. The van der Waals surface area contributed by atoms with Crippen LogP contribution in [0.3, 0.4) is 0 Å². The van der Waals surface area contributed by atoms with Gasteiger partial charge in [0.1, 0.15) is 4.90 Å². The fourth-order valence-electron chi connectivity index (χ4n) is 2.40. The zero-order valence-electron chi connectivity index (χ0n) is 11.4. The summed E-state index contributed by atoms with van der Waals surface area (Å²) in [6.07, 6.45) is 0.807. The molecule has 0 aliphatic carbocycles. The summed E-state index contributed by atoms with van der Waals surface area (Å²) in [7, 11) is -1.94. The van der Waals surface area contributed by atoms with Crippen LogP contribution in [0.2, 0.25) is 5.02 Å². The van der Waals surface area contributed by atoms with Crippen LogP contribution in [0.15, 0.2) is 23.1 Å². The molecule has 0 amide bonds. The molecule has 0 bridgehead atoms. The maximum Gasteiger partial charge on any atom is 0.244 e.